The molecule has 174 valence electrons. The molecule has 1 aromatic heterocycles. The Morgan fingerprint density at radius 3 is 2.58 bits per heavy atom. The number of methoxy groups -OCH3 is 2. The van der Waals surface area contributed by atoms with E-state index in [1.165, 1.54) is 6.07 Å². The van der Waals surface area contributed by atoms with Crippen LogP contribution in [0.25, 0.3) is 11.3 Å². The molecule has 3 aromatic rings. The molecule has 0 fully saturated rings. The fourth-order valence-corrected chi connectivity index (χ4v) is 3.36. The van der Waals surface area contributed by atoms with Crippen molar-refractivity contribution in [3.8, 4) is 17.0 Å². The minimum Gasteiger partial charge on any atom is -0.496 e. The minimum atomic E-state index is -4.64. The number of alkyl halides is 3. The van der Waals surface area contributed by atoms with Crippen LogP contribution in [0.2, 0.25) is 5.02 Å². The van der Waals surface area contributed by atoms with Crippen molar-refractivity contribution in [1.29, 1.82) is 0 Å². The molecule has 2 N–H and O–H groups in total. The molecule has 1 heterocycles. The van der Waals surface area contributed by atoms with Gasteiger partial charge < -0.3 is 20.1 Å². The van der Waals surface area contributed by atoms with Crippen LogP contribution in [-0.2, 0) is 10.9 Å². The van der Waals surface area contributed by atoms with Gasteiger partial charge >= 0.3 is 6.18 Å². The maximum Gasteiger partial charge on any atom is 0.420 e. The highest BCUT2D eigenvalue weighted by molar-refractivity contribution is 6.33. The summed E-state index contributed by atoms with van der Waals surface area (Å²) in [6.45, 7) is 0.778. The van der Waals surface area contributed by atoms with Crippen molar-refractivity contribution in [2.75, 3.05) is 38.0 Å². The molecule has 0 saturated heterocycles. The van der Waals surface area contributed by atoms with Gasteiger partial charge in [-0.05, 0) is 42.5 Å². The van der Waals surface area contributed by atoms with E-state index in [2.05, 4.69) is 15.6 Å². The maximum atomic E-state index is 13.3. The molecule has 0 atom stereocenters. The Morgan fingerprint density at radius 2 is 1.91 bits per heavy atom. The van der Waals surface area contributed by atoms with E-state index < -0.39 is 17.6 Å². The summed E-state index contributed by atoms with van der Waals surface area (Å²) in [7, 11) is 2.69. The summed E-state index contributed by atoms with van der Waals surface area (Å²) in [6, 6.07) is 11.7. The molecule has 33 heavy (non-hydrogen) atoms. The third-order valence-corrected chi connectivity index (χ3v) is 4.99. The summed E-state index contributed by atoms with van der Waals surface area (Å²) in [5.74, 6) is -0.925. The zero-order chi connectivity index (χ0) is 24.0. The fraction of sp³-hybridized carbons (Fsp3) is 0.217. The average molecular weight is 480 g/mol. The normalized spacial score (nSPS) is 11.2. The number of nitrogens with zero attached hydrogens (tertiary/aromatic N) is 1. The standard InChI is InChI=1S/C23H21ClF3N3O3/c1-32-11-10-28-19-12-14(21-18(24)4-3-9-29-21)5-7-16(19)22(31)30-15-6-8-20(33-2)17(13-15)23(25,26)27/h3-9,12-13,28H,10-11H2,1-2H3,(H,30,31). The molecular weight excluding hydrogens is 459 g/mol. The summed E-state index contributed by atoms with van der Waals surface area (Å²) in [4.78, 5) is 17.2. The van der Waals surface area contributed by atoms with Crippen LogP contribution in [0.15, 0.2) is 54.7 Å². The number of hydrogen-bond donors (Lipinski definition) is 2. The predicted molar refractivity (Wildman–Crippen MR) is 121 cm³/mol. The van der Waals surface area contributed by atoms with Crippen molar-refractivity contribution in [2.24, 2.45) is 0 Å². The number of aromatic nitrogens is 1. The van der Waals surface area contributed by atoms with Crippen molar-refractivity contribution >= 4 is 28.9 Å². The van der Waals surface area contributed by atoms with E-state index in [0.29, 0.717) is 35.1 Å². The highest BCUT2D eigenvalue weighted by Gasteiger charge is 2.34. The molecule has 0 spiro atoms. The van der Waals surface area contributed by atoms with Gasteiger partial charge in [0.25, 0.3) is 5.91 Å². The molecule has 0 aliphatic carbocycles. The van der Waals surface area contributed by atoms with Crippen LogP contribution in [0.1, 0.15) is 15.9 Å². The smallest absolute Gasteiger partial charge is 0.420 e. The van der Waals surface area contributed by atoms with Crippen molar-refractivity contribution < 1.29 is 27.4 Å². The van der Waals surface area contributed by atoms with Crippen molar-refractivity contribution in [3.05, 3.63) is 70.9 Å². The summed E-state index contributed by atoms with van der Waals surface area (Å²) >= 11 is 6.24. The number of carbonyl (C=O) groups is 1. The highest BCUT2D eigenvalue weighted by Crippen LogP contribution is 2.38. The SMILES string of the molecule is COCCNc1cc(-c2ncccc2Cl)ccc1C(=O)Nc1ccc(OC)c(C(F)(F)F)c1. The highest BCUT2D eigenvalue weighted by atomic mass is 35.5. The molecular formula is C23H21ClF3N3O3. The first kappa shape index (κ1) is 24.3. The van der Waals surface area contributed by atoms with Crippen LogP contribution in [-0.4, -0.2) is 38.3 Å². The zero-order valence-corrected chi connectivity index (χ0v) is 18.6. The first-order valence-electron chi connectivity index (χ1n) is 9.79. The quantitative estimate of drug-likeness (QED) is 0.403. The van der Waals surface area contributed by atoms with Gasteiger partial charge in [-0.25, -0.2) is 0 Å². The molecule has 0 bridgehead atoms. The van der Waals surface area contributed by atoms with Gasteiger partial charge in [0.15, 0.2) is 0 Å². The van der Waals surface area contributed by atoms with Gasteiger partial charge in [-0.1, -0.05) is 17.7 Å². The van der Waals surface area contributed by atoms with E-state index in [9.17, 15) is 18.0 Å². The summed E-state index contributed by atoms with van der Waals surface area (Å²) < 4.78 is 49.8. The number of hydrogen-bond acceptors (Lipinski definition) is 5. The Balaban J connectivity index is 1.94. The number of benzene rings is 2. The monoisotopic (exact) mass is 479 g/mol. The van der Waals surface area contributed by atoms with Gasteiger partial charge in [0.2, 0.25) is 0 Å². The molecule has 0 aliphatic heterocycles. The van der Waals surface area contributed by atoms with Crippen molar-refractivity contribution in [2.45, 2.75) is 6.18 Å². The fourth-order valence-electron chi connectivity index (χ4n) is 3.13. The van der Waals surface area contributed by atoms with Gasteiger partial charge in [0, 0.05) is 36.8 Å². The molecule has 0 saturated carbocycles. The number of pyridine rings is 1. The van der Waals surface area contributed by atoms with E-state index in [-0.39, 0.29) is 17.0 Å². The Labute approximate surface area is 193 Å². The minimum absolute atomic E-state index is 0.0205. The van der Waals surface area contributed by atoms with Crippen molar-refractivity contribution in [1.82, 2.24) is 4.98 Å². The lowest BCUT2D eigenvalue weighted by molar-refractivity contribution is -0.138. The Bertz CT molecular complexity index is 1140. The van der Waals surface area contributed by atoms with E-state index in [0.717, 1.165) is 19.2 Å². The topological polar surface area (TPSA) is 72.5 Å². The summed E-state index contributed by atoms with van der Waals surface area (Å²) in [6.07, 6.45) is -3.04. The van der Waals surface area contributed by atoms with Gasteiger partial charge in [-0.3, -0.25) is 9.78 Å². The van der Waals surface area contributed by atoms with Crippen molar-refractivity contribution in [3.63, 3.8) is 0 Å². The first-order valence-corrected chi connectivity index (χ1v) is 10.2. The van der Waals surface area contributed by atoms with Gasteiger partial charge in [0.05, 0.1) is 35.6 Å². The average Bonchev–Trinajstić information content (AvgIpc) is 2.79. The number of carbonyl (C=O) groups excluding carboxylic acids is 1. The van der Waals surface area contributed by atoms with E-state index >= 15 is 0 Å². The van der Waals surface area contributed by atoms with Crippen LogP contribution in [0, 0.1) is 0 Å². The third kappa shape index (κ3) is 5.94. The second-order valence-electron chi connectivity index (χ2n) is 6.88. The van der Waals surface area contributed by atoms with Crippen LogP contribution in [0.4, 0.5) is 24.5 Å². The molecule has 0 radical (unpaired) electrons. The number of amides is 1. The Kier molecular flexibility index (Phi) is 7.78. The number of halogens is 4. The lowest BCUT2D eigenvalue weighted by Crippen LogP contribution is -2.17. The van der Waals surface area contributed by atoms with E-state index in [1.54, 1.807) is 43.6 Å². The summed E-state index contributed by atoms with van der Waals surface area (Å²) in [5.41, 5.74) is 0.876. The lowest BCUT2D eigenvalue weighted by Gasteiger charge is -2.16. The largest absolute Gasteiger partial charge is 0.496 e. The lowest BCUT2D eigenvalue weighted by atomic mass is 10.0. The molecule has 10 heteroatoms. The third-order valence-electron chi connectivity index (χ3n) is 4.68. The second-order valence-corrected chi connectivity index (χ2v) is 7.29. The van der Waals surface area contributed by atoms with E-state index in [4.69, 9.17) is 21.1 Å². The molecule has 0 unspecified atom stereocenters. The molecule has 2 aromatic carbocycles. The van der Waals surface area contributed by atoms with Gasteiger partial charge in [-0.2, -0.15) is 13.2 Å². The van der Waals surface area contributed by atoms with Crippen LogP contribution < -0.4 is 15.4 Å². The molecule has 3 rings (SSSR count). The van der Waals surface area contributed by atoms with Gasteiger partial charge in [0.1, 0.15) is 5.75 Å². The van der Waals surface area contributed by atoms with Crippen LogP contribution in [0.5, 0.6) is 5.75 Å². The Morgan fingerprint density at radius 1 is 1.12 bits per heavy atom. The van der Waals surface area contributed by atoms with Crippen LogP contribution >= 0.6 is 11.6 Å². The Hall–Kier alpha value is -3.30. The van der Waals surface area contributed by atoms with Gasteiger partial charge in [-0.15, -0.1) is 0 Å². The summed E-state index contributed by atoms with van der Waals surface area (Å²) in [5, 5.41) is 6.06. The predicted octanol–water partition coefficient (Wildman–Crippen LogP) is 5.74. The number of anilines is 2. The molecule has 0 aliphatic rings. The number of ether oxygens (including phenoxy) is 2. The zero-order valence-electron chi connectivity index (χ0n) is 17.8. The number of nitrogens with one attached hydrogen (secondary N) is 2. The maximum absolute atomic E-state index is 13.3. The van der Waals surface area contributed by atoms with Crippen LogP contribution in [0.3, 0.4) is 0 Å². The van der Waals surface area contributed by atoms with E-state index in [1.807, 2.05) is 0 Å². The molecule has 1 amide bonds. The number of rotatable bonds is 8. The molecule has 6 nitrogen and oxygen atoms in total. The first-order chi connectivity index (χ1) is 15.7. The second kappa shape index (κ2) is 10.5.